The first-order valence-electron chi connectivity index (χ1n) is 6.70. The molecule has 0 fully saturated rings. The SMILES string of the molecule is CCPC(C)(C)C(CC)NC(=O)/C=C/CN(C)C. The van der Waals surface area contributed by atoms with Crippen molar-refractivity contribution in [1.82, 2.24) is 10.2 Å². The zero-order valence-corrected chi connectivity index (χ0v) is 13.7. The van der Waals surface area contributed by atoms with Gasteiger partial charge in [0.25, 0.3) is 0 Å². The van der Waals surface area contributed by atoms with Crippen LogP contribution < -0.4 is 5.32 Å². The maximum absolute atomic E-state index is 11.8. The van der Waals surface area contributed by atoms with Crippen molar-refractivity contribution in [2.75, 3.05) is 26.8 Å². The van der Waals surface area contributed by atoms with Gasteiger partial charge in [-0.2, -0.15) is 0 Å². The third-order valence-electron chi connectivity index (χ3n) is 2.97. The van der Waals surface area contributed by atoms with Crippen molar-refractivity contribution in [2.24, 2.45) is 0 Å². The minimum Gasteiger partial charge on any atom is -0.349 e. The van der Waals surface area contributed by atoms with Crippen molar-refractivity contribution in [2.45, 2.75) is 45.3 Å². The Labute approximate surface area is 114 Å². The summed E-state index contributed by atoms with van der Waals surface area (Å²) in [5.74, 6) is 0.0256. The summed E-state index contributed by atoms with van der Waals surface area (Å²) in [6, 6.07) is 0.257. The van der Waals surface area contributed by atoms with Crippen LogP contribution in [0.4, 0.5) is 0 Å². The molecule has 106 valence electrons. The van der Waals surface area contributed by atoms with E-state index >= 15 is 0 Å². The van der Waals surface area contributed by atoms with Crippen molar-refractivity contribution in [3.63, 3.8) is 0 Å². The maximum Gasteiger partial charge on any atom is 0.243 e. The zero-order valence-electron chi connectivity index (χ0n) is 12.7. The number of carbonyl (C=O) groups is 1. The van der Waals surface area contributed by atoms with E-state index < -0.39 is 0 Å². The smallest absolute Gasteiger partial charge is 0.243 e. The van der Waals surface area contributed by atoms with Crippen LogP contribution in [0.5, 0.6) is 0 Å². The molecule has 3 nitrogen and oxygen atoms in total. The predicted octanol–water partition coefficient (Wildman–Crippen LogP) is 2.48. The number of nitrogens with zero attached hydrogens (tertiary/aromatic N) is 1. The van der Waals surface area contributed by atoms with Gasteiger partial charge in [0.05, 0.1) is 0 Å². The molecule has 0 spiro atoms. The molecule has 2 atom stereocenters. The Hall–Kier alpha value is -0.400. The van der Waals surface area contributed by atoms with Crippen LogP contribution in [-0.4, -0.2) is 48.8 Å². The third kappa shape index (κ3) is 7.13. The summed E-state index contributed by atoms with van der Waals surface area (Å²) >= 11 is 0. The first-order valence-corrected chi connectivity index (χ1v) is 7.91. The molecule has 0 aromatic heterocycles. The van der Waals surface area contributed by atoms with Crippen LogP contribution in [0.1, 0.15) is 34.1 Å². The fourth-order valence-electron chi connectivity index (χ4n) is 1.96. The number of hydrogen-bond donors (Lipinski definition) is 1. The second-order valence-corrected chi connectivity index (χ2v) is 7.74. The van der Waals surface area contributed by atoms with Gasteiger partial charge in [-0.15, -0.1) is 8.58 Å². The molecule has 0 aromatic carbocycles. The van der Waals surface area contributed by atoms with Crippen LogP contribution >= 0.6 is 8.58 Å². The Balaban J connectivity index is 4.36. The summed E-state index contributed by atoms with van der Waals surface area (Å²) in [5.41, 5.74) is 0. The van der Waals surface area contributed by atoms with Crippen LogP contribution in [-0.2, 0) is 4.79 Å². The summed E-state index contributed by atoms with van der Waals surface area (Å²) in [6.07, 6.45) is 5.70. The molecule has 1 amide bonds. The van der Waals surface area contributed by atoms with E-state index in [4.69, 9.17) is 0 Å². The molecule has 18 heavy (non-hydrogen) atoms. The largest absolute Gasteiger partial charge is 0.349 e. The van der Waals surface area contributed by atoms with Gasteiger partial charge in [-0.3, -0.25) is 4.79 Å². The van der Waals surface area contributed by atoms with Crippen molar-refractivity contribution in [3.8, 4) is 0 Å². The van der Waals surface area contributed by atoms with E-state index in [1.54, 1.807) is 6.08 Å². The van der Waals surface area contributed by atoms with E-state index in [1.165, 1.54) is 6.16 Å². The van der Waals surface area contributed by atoms with E-state index in [2.05, 4.69) is 33.0 Å². The highest BCUT2D eigenvalue weighted by Gasteiger charge is 2.27. The normalized spacial score (nSPS) is 14.8. The fraction of sp³-hybridized carbons (Fsp3) is 0.786. The van der Waals surface area contributed by atoms with Crippen LogP contribution in [0.3, 0.4) is 0 Å². The van der Waals surface area contributed by atoms with Gasteiger partial charge in [-0.1, -0.05) is 33.8 Å². The number of carbonyl (C=O) groups excluding carboxylic acids is 1. The van der Waals surface area contributed by atoms with Crippen molar-refractivity contribution >= 4 is 14.5 Å². The molecule has 0 heterocycles. The summed E-state index contributed by atoms with van der Waals surface area (Å²) in [6.45, 7) is 9.62. The number of nitrogens with one attached hydrogen (secondary N) is 1. The van der Waals surface area contributed by atoms with E-state index in [0.29, 0.717) is 0 Å². The molecule has 0 aliphatic heterocycles. The van der Waals surface area contributed by atoms with Crippen LogP contribution in [0.2, 0.25) is 0 Å². The summed E-state index contributed by atoms with van der Waals surface area (Å²) < 4.78 is 0. The molecule has 0 aliphatic rings. The molecule has 0 saturated heterocycles. The molecule has 1 N–H and O–H groups in total. The van der Waals surface area contributed by atoms with Gasteiger partial charge in [0.15, 0.2) is 0 Å². The van der Waals surface area contributed by atoms with E-state index in [9.17, 15) is 4.79 Å². The first kappa shape index (κ1) is 17.6. The van der Waals surface area contributed by atoms with Crippen molar-refractivity contribution in [1.29, 1.82) is 0 Å². The molecule has 0 bridgehead atoms. The van der Waals surface area contributed by atoms with Gasteiger partial charge in [-0.25, -0.2) is 0 Å². The number of likely N-dealkylation sites (N-methyl/N-ethyl adjacent to an activating group) is 1. The Kier molecular flexibility index (Phi) is 8.47. The molecular weight excluding hydrogens is 243 g/mol. The lowest BCUT2D eigenvalue weighted by Gasteiger charge is -2.34. The molecule has 0 aliphatic carbocycles. The lowest BCUT2D eigenvalue weighted by Crippen LogP contribution is -2.46. The molecule has 0 radical (unpaired) electrons. The quantitative estimate of drug-likeness (QED) is 0.544. The predicted molar refractivity (Wildman–Crippen MR) is 82.9 cm³/mol. The number of rotatable bonds is 8. The van der Waals surface area contributed by atoms with Gasteiger partial charge in [0.2, 0.25) is 5.91 Å². The second kappa shape index (κ2) is 8.66. The van der Waals surface area contributed by atoms with Gasteiger partial charge >= 0.3 is 0 Å². The highest BCUT2D eigenvalue weighted by molar-refractivity contribution is 7.39. The summed E-state index contributed by atoms with van der Waals surface area (Å²) in [7, 11) is 4.86. The highest BCUT2D eigenvalue weighted by Crippen LogP contribution is 2.35. The molecule has 0 rings (SSSR count). The molecule has 0 aromatic rings. The van der Waals surface area contributed by atoms with Crippen LogP contribution in [0.25, 0.3) is 0 Å². The summed E-state index contributed by atoms with van der Waals surface area (Å²) in [4.78, 5) is 13.9. The van der Waals surface area contributed by atoms with Gasteiger partial charge in [0, 0.05) is 23.8 Å². The zero-order chi connectivity index (χ0) is 14.2. The molecule has 0 saturated carbocycles. The minimum atomic E-state index is 0.0256. The van der Waals surface area contributed by atoms with Crippen LogP contribution in [0, 0.1) is 0 Å². The topological polar surface area (TPSA) is 32.3 Å². The maximum atomic E-state index is 11.8. The minimum absolute atomic E-state index is 0.0256. The fourth-order valence-corrected chi connectivity index (χ4v) is 3.40. The van der Waals surface area contributed by atoms with E-state index in [0.717, 1.165) is 21.5 Å². The Morgan fingerprint density at radius 3 is 2.44 bits per heavy atom. The molecule has 2 unspecified atom stereocenters. The monoisotopic (exact) mass is 272 g/mol. The van der Waals surface area contributed by atoms with Gasteiger partial charge in [0.1, 0.15) is 0 Å². The molecular formula is C14H29N2OP. The van der Waals surface area contributed by atoms with E-state index in [-0.39, 0.29) is 17.1 Å². The second-order valence-electron chi connectivity index (χ2n) is 5.39. The Morgan fingerprint density at radius 1 is 1.39 bits per heavy atom. The third-order valence-corrected chi connectivity index (χ3v) is 4.58. The first-order chi connectivity index (χ1) is 8.33. The molecule has 4 heteroatoms. The lowest BCUT2D eigenvalue weighted by atomic mass is 10.0. The average Bonchev–Trinajstić information content (AvgIpc) is 2.25. The average molecular weight is 272 g/mol. The van der Waals surface area contributed by atoms with E-state index in [1.807, 2.05) is 25.1 Å². The van der Waals surface area contributed by atoms with Crippen molar-refractivity contribution in [3.05, 3.63) is 12.2 Å². The highest BCUT2D eigenvalue weighted by atomic mass is 31.1. The summed E-state index contributed by atoms with van der Waals surface area (Å²) in [5, 5.41) is 3.32. The standard InChI is InChI=1S/C14H29N2OP/c1-7-12(14(3,4)18-8-2)15-13(17)10-9-11-16(5)6/h9-10,12,18H,7-8,11H2,1-6H3,(H,15,17)/b10-9+. The lowest BCUT2D eigenvalue weighted by molar-refractivity contribution is -0.117. The van der Waals surface area contributed by atoms with Crippen LogP contribution in [0.15, 0.2) is 12.2 Å². The van der Waals surface area contributed by atoms with Gasteiger partial charge in [-0.05, 0) is 26.7 Å². The van der Waals surface area contributed by atoms with Gasteiger partial charge < -0.3 is 10.2 Å². The Bertz CT molecular complexity index is 275. The van der Waals surface area contributed by atoms with Crippen molar-refractivity contribution < 1.29 is 4.79 Å². The number of hydrogen-bond acceptors (Lipinski definition) is 2. The Morgan fingerprint density at radius 2 is 2.00 bits per heavy atom. The number of amides is 1.